The fraction of sp³-hybridized carbons (Fsp3) is 0.667. The predicted molar refractivity (Wildman–Crippen MR) is 68.6 cm³/mol. The van der Waals surface area contributed by atoms with Gasteiger partial charge in [-0.25, -0.2) is 0 Å². The Bertz CT molecular complexity index is 360. The molecule has 0 fully saturated rings. The maximum absolute atomic E-state index is 12.1. The highest BCUT2D eigenvalue weighted by atomic mass is 79.9. The van der Waals surface area contributed by atoms with Gasteiger partial charge >= 0.3 is 0 Å². The van der Waals surface area contributed by atoms with Gasteiger partial charge in [-0.3, -0.25) is 9.48 Å². The van der Waals surface area contributed by atoms with E-state index < -0.39 is 0 Å². The van der Waals surface area contributed by atoms with Crippen molar-refractivity contribution in [2.24, 2.45) is 5.92 Å². The van der Waals surface area contributed by atoms with Crippen LogP contribution in [-0.2, 0) is 6.54 Å². The van der Waals surface area contributed by atoms with Crippen LogP contribution in [0.3, 0.4) is 0 Å². The van der Waals surface area contributed by atoms with Crippen molar-refractivity contribution in [3.8, 4) is 0 Å². The van der Waals surface area contributed by atoms with Gasteiger partial charge in [0.05, 0.1) is 10.7 Å². The second kappa shape index (κ2) is 6.18. The third-order valence-corrected chi connectivity index (χ3v) is 3.31. The van der Waals surface area contributed by atoms with E-state index in [0.29, 0.717) is 12.3 Å². The molecule has 0 aliphatic heterocycles. The van der Waals surface area contributed by atoms with Gasteiger partial charge in [0.1, 0.15) is 5.69 Å². The summed E-state index contributed by atoms with van der Waals surface area (Å²) in [6, 6.07) is 0. The zero-order chi connectivity index (χ0) is 12.1. The molecule has 1 heterocycles. The maximum Gasteiger partial charge on any atom is 0.182 e. The number of rotatable bonds is 6. The molecule has 0 bridgehead atoms. The monoisotopic (exact) mass is 286 g/mol. The molecule has 16 heavy (non-hydrogen) atoms. The molecule has 1 rings (SSSR count). The molecular formula is C12H19BrN2O. The maximum atomic E-state index is 12.1. The highest BCUT2D eigenvalue weighted by Crippen LogP contribution is 2.20. The molecule has 4 heteroatoms. The molecule has 0 N–H and O–H groups in total. The fourth-order valence-corrected chi connectivity index (χ4v) is 2.10. The minimum absolute atomic E-state index is 0.187. The lowest BCUT2D eigenvalue weighted by Gasteiger charge is -2.09. The summed E-state index contributed by atoms with van der Waals surface area (Å²) in [5.41, 5.74) is 0.724. The van der Waals surface area contributed by atoms with E-state index in [0.717, 1.165) is 29.6 Å². The smallest absolute Gasteiger partial charge is 0.182 e. The molecular weight excluding hydrogens is 268 g/mol. The Morgan fingerprint density at radius 2 is 2.25 bits per heavy atom. The quantitative estimate of drug-likeness (QED) is 0.748. The van der Waals surface area contributed by atoms with E-state index in [-0.39, 0.29) is 5.78 Å². The number of carbonyl (C=O) groups excluding carboxylic acids is 1. The van der Waals surface area contributed by atoms with Gasteiger partial charge in [0.15, 0.2) is 5.78 Å². The second-order valence-electron chi connectivity index (χ2n) is 4.20. The topological polar surface area (TPSA) is 34.9 Å². The minimum Gasteiger partial charge on any atom is -0.292 e. The molecule has 0 amide bonds. The van der Waals surface area contributed by atoms with Gasteiger partial charge in [0, 0.05) is 13.0 Å². The molecule has 0 saturated heterocycles. The first-order chi connectivity index (χ1) is 7.60. The molecule has 0 aliphatic rings. The van der Waals surface area contributed by atoms with E-state index in [9.17, 15) is 4.79 Å². The lowest BCUT2D eigenvalue weighted by atomic mass is 10.0. The molecule has 0 radical (unpaired) electrons. The summed E-state index contributed by atoms with van der Waals surface area (Å²) in [6.07, 6.45) is 4.33. The molecule has 1 unspecified atom stereocenters. The molecule has 0 saturated carbocycles. The van der Waals surface area contributed by atoms with E-state index in [4.69, 9.17) is 0 Å². The Morgan fingerprint density at radius 3 is 2.81 bits per heavy atom. The SMILES string of the molecule is CCCn1ncc(Br)c1C(=O)CC(C)CC. The molecule has 0 aliphatic carbocycles. The number of aromatic nitrogens is 2. The zero-order valence-electron chi connectivity index (χ0n) is 10.2. The Balaban J connectivity index is 2.84. The van der Waals surface area contributed by atoms with Crippen molar-refractivity contribution in [3.63, 3.8) is 0 Å². The minimum atomic E-state index is 0.187. The van der Waals surface area contributed by atoms with Crippen LogP contribution >= 0.6 is 15.9 Å². The Labute approximate surface area is 105 Å². The van der Waals surface area contributed by atoms with Crippen LogP contribution < -0.4 is 0 Å². The van der Waals surface area contributed by atoms with E-state index >= 15 is 0 Å². The number of aryl methyl sites for hydroxylation is 1. The van der Waals surface area contributed by atoms with Gasteiger partial charge in [-0.05, 0) is 28.3 Å². The summed E-state index contributed by atoms with van der Waals surface area (Å²) in [7, 11) is 0. The predicted octanol–water partition coefficient (Wildman–Crippen LogP) is 3.67. The first-order valence-electron chi connectivity index (χ1n) is 5.84. The van der Waals surface area contributed by atoms with Crippen molar-refractivity contribution in [2.75, 3.05) is 0 Å². The normalized spacial score (nSPS) is 12.8. The second-order valence-corrected chi connectivity index (χ2v) is 5.06. The summed E-state index contributed by atoms with van der Waals surface area (Å²) in [5, 5.41) is 4.21. The van der Waals surface area contributed by atoms with Crippen LogP contribution in [0.4, 0.5) is 0 Å². The molecule has 0 aromatic carbocycles. The van der Waals surface area contributed by atoms with Crippen molar-refractivity contribution < 1.29 is 4.79 Å². The van der Waals surface area contributed by atoms with Crippen LogP contribution in [0, 0.1) is 5.92 Å². The third kappa shape index (κ3) is 3.17. The highest BCUT2D eigenvalue weighted by Gasteiger charge is 2.18. The number of hydrogen-bond donors (Lipinski definition) is 0. The van der Waals surface area contributed by atoms with Crippen molar-refractivity contribution in [1.82, 2.24) is 9.78 Å². The Morgan fingerprint density at radius 1 is 1.56 bits per heavy atom. The lowest BCUT2D eigenvalue weighted by Crippen LogP contribution is -2.13. The van der Waals surface area contributed by atoms with Crippen molar-refractivity contribution >= 4 is 21.7 Å². The van der Waals surface area contributed by atoms with E-state index in [1.807, 2.05) is 0 Å². The van der Waals surface area contributed by atoms with Crippen LogP contribution in [0.25, 0.3) is 0 Å². The number of carbonyl (C=O) groups is 1. The third-order valence-electron chi connectivity index (χ3n) is 2.73. The molecule has 0 spiro atoms. The first kappa shape index (κ1) is 13.4. The van der Waals surface area contributed by atoms with Crippen LogP contribution in [0.2, 0.25) is 0 Å². The van der Waals surface area contributed by atoms with Crippen LogP contribution in [0.5, 0.6) is 0 Å². The number of Topliss-reactive ketones (excluding diaryl/α,β-unsaturated/α-hetero) is 1. The van der Waals surface area contributed by atoms with Gasteiger partial charge < -0.3 is 0 Å². The van der Waals surface area contributed by atoms with Gasteiger partial charge in [0.2, 0.25) is 0 Å². The number of ketones is 1. The molecule has 1 atom stereocenters. The summed E-state index contributed by atoms with van der Waals surface area (Å²) < 4.78 is 2.61. The first-order valence-corrected chi connectivity index (χ1v) is 6.63. The molecule has 3 nitrogen and oxygen atoms in total. The van der Waals surface area contributed by atoms with Gasteiger partial charge in [-0.1, -0.05) is 27.2 Å². The Kier molecular flexibility index (Phi) is 5.19. The number of hydrogen-bond acceptors (Lipinski definition) is 2. The molecule has 1 aromatic heterocycles. The molecule has 1 aromatic rings. The lowest BCUT2D eigenvalue weighted by molar-refractivity contribution is 0.0952. The van der Waals surface area contributed by atoms with Crippen LogP contribution in [-0.4, -0.2) is 15.6 Å². The van der Waals surface area contributed by atoms with Crippen molar-refractivity contribution in [2.45, 2.75) is 46.6 Å². The average molecular weight is 287 g/mol. The summed E-state index contributed by atoms with van der Waals surface area (Å²) in [6.45, 7) is 7.09. The van der Waals surface area contributed by atoms with E-state index in [1.165, 1.54) is 0 Å². The number of halogens is 1. The average Bonchev–Trinajstić information content (AvgIpc) is 2.60. The highest BCUT2D eigenvalue weighted by molar-refractivity contribution is 9.10. The standard InChI is InChI=1S/C12H19BrN2O/c1-4-6-15-12(10(13)8-14-15)11(16)7-9(3)5-2/h8-9H,4-7H2,1-3H3. The van der Waals surface area contributed by atoms with Crippen LogP contribution in [0.15, 0.2) is 10.7 Å². The zero-order valence-corrected chi connectivity index (χ0v) is 11.7. The summed E-state index contributed by atoms with van der Waals surface area (Å²) >= 11 is 3.40. The largest absolute Gasteiger partial charge is 0.292 e. The van der Waals surface area contributed by atoms with Crippen molar-refractivity contribution in [1.29, 1.82) is 0 Å². The van der Waals surface area contributed by atoms with Crippen LogP contribution in [0.1, 0.15) is 50.5 Å². The van der Waals surface area contributed by atoms with Gasteiger partial charge in [-0.2, -0.15) is 5.10 Å². The van der Waals surface area contributed by atoms with Crippen molar-refractivity contribution in [3.05, 3.63) is 16.4 Å². The van der Waals surface area contributed by atoms with Gasteiger partial charge in [0.25, 0.3) is 0 Å². The number of nitrogens with zero attached hydrogens (tertiary/aromatic N) is 2. The van der Waals surface area contributed by atoms with Gasteiger partial charge in [-0.15, -0.1) is 0 Å². The summed E-state index contributed by atoms with van der Waals surface area (Å²) in [5.74, 6) is 0.622. The van der Waals surface area contributed by atoms with E-state index in [2.05, 4.69) is 41.8 Å². The Hall–Kier alpha value is -0.640. The van der Waals surface area contributed by atoms with E-state index in [1.54, 1.807) is 10.9 Å². The fourth-order valence-electron chi connectivity index (χ4n) is 1.58. The molecule has 90 valence electrons. The summed E-state index contributed by atoms with van der Waals surface area (Å²) in [4.78, 5) is 12.1.